The van der Waals surface area contributed by atoms with Crippen molar-refractivity contribution in [3.8, 4) is 17.0 Å². The first-order valence-corrected chi connectivity index (χ1v) is 12.7. The van der Waals surface area contributed by atoms with Crippen LogP contribution < -0.4 is 14.8 Å². The molecule has 0 saturated heterocycles. The van der Waals surface area contributed by atoms with Crippen LogP contribution in [0.1, 0.15) is 15.2 Å². The van der Waals surface area contributed by atoms with E-state index in [1.807, 2.05) is 31.2 Å². The van der Waals surface area contributed by atoms with Gasteiger partial charge in [-0.15, -0.1) is 11.3 Å². The number of hydrogen-bond acceptors (Lipinski definition) is 6. The smallest absolute Gasteiger partial charge is 0.261 e. The first-order valence-electron chi connectivity index (χ1n) is 10.1. The number of ether oxygens (including phenoxy) is 1. The monoisotopic (exact) mass is 513 g/mol. The summed E-state index contributed by atoms with van der Waals surface area (Å²) in [6.07, 6.45) is 0. The average Bonchev–Trinajstić information content (AvgIpc) is 3.19. The van der Waals surface area contributed by atoms with E-state index in [0.29, 0.717) is 21.4 Å². The summed E-state index contributed by atoms with van der Waals surface area (Å²) in [7, 11) is -2.16. The van der Waals surface area contributed by atoms with Crippen LogP contribution >= 0.6 is 22.9 Å². The maximum absolute atomic E-state index is 12.7. The van der Waals surface area contributed by atoms with E-state index in [9.17, 15) is 13.2 Å². The van der Waals surface area contributed by atoms with Crippen molar-refractivity contribution in [1.29, 1.82) is 0 Å². The number of amides is 1. The zero-order chi connectivity index (χ0) is 24.3. The number of thiazole rings is 1. The molecule has 0 unspecified atom stereocenters. The molecule has 7 nitrogen and oxygen atoms in total. The van der Waals surface area contributed by atoms with E-state index in [2.05, 4.69) is 15.0 Å². The Morgan fingerprint density at radius 1 is 0.971 bits per heavy atom. The van der Waals surface area contributed by atoms with Crippen LogP contribution in [0.3, 0.4) is 0 Å². The van der Waals surface area contributed by atoms with E-state index < -0.39 is 10.0 Å². The summed E-state index contributed by atoms with van der Waals surface area (Å²) >= 11 is 7.19. The highest BCUT2D eigenvalue weighted by molar-refractivity contribution is 7.92. The molecule has 0 aliphatic heterocycles. The number of halogens is 1. The number of nitrogens with zero attached hydrogens (tertiary/aromatic N) is 1. The largest absolute Gasteiger partial charge is 0.497 e. The summed E-state index contributed by atoms with van der Waals surface area (Å²) in [5, 5.41) is 3.72. The minimum absolute atomic E-state index is 0.0884. The van der Waals surface area contributed by atoms with Crippen LogP contribution in [0.4, 0.5) is 10.8 Å². The van der Waals surface area contributed by atoms with Gasteiger partial charge in [0.25, 0.3) is 15.9 Å². The Balaban J connectivity index is 1.44. The number of hydrogen-bond donors (Lipinski definition) is 2. The second-order valence-electron chi connectivity index (χ2n) is 7.24. The van der Waals surface area contributed by atoms with Crippen LogP contribution in [0.5, 0.6) is 5.75 Å². The summed E-state index contributed by atoms with van der Waals surface area (Å²) in [6, 6.07) is 19.5. The summed E-state index contributed by atoms with van der Waals surface area (Å²) < 4.78 is 32.7. The van der Waals surface area contributed by atoms with Gasteiger partial charge in [-0.25, -0.2) is 13.4 Å². The van der Waals surface area contributed by atoms with Gasteiger partial charge in [0.15, 0.2) is 5.13 Å². The molecule has 0 radical (unpaired) electrons. The highest BCUT2D eigenvalue weighted by Gasteiger charge is 2.16. The molecule has 0 spiro atoms. The van der Waals surface area contributed by atoms with Crippen LogP contribution in [0.15, 0.2) is 77.7 Å². The number of aromatic nitrogens is 1. The highest BCUT2D eigenvalue weighted by atomic mass is 35.5. The van der Waals surface area contributed by atoms with Gasteiger partial charge in [0, 0.05) is 26.7 Å². The highest BCUT2D eigenvalue weighted by Crippen LogP contribution is 2.31. The lowest BCUT2D eigenvalue weighted by Gasteiger charge is -2.09. The number of benzene rings is 3. The molecule has 34 heavy (non-hydrogen) atoms. The van der Waals surface area contributed by atoms with Gasteiger partial charge in [0.05, 0.1) is 17.7 Å². The van der Waals surface area contributed by atoms with E-state index in [1.54, 1.807) is 19.2 Å². The average molecular weight is 514 g/mol. The second kappa shape index (κ2) is 9.84. The fourth-order valence-electron chi connectivity index (χ4n) is 3.15. The standard InChI is InChI=1S/C24H20ClN3O4S2/c1-15-22(16-5-11-20(32-2)12-6-16)26-24(33-15)27-23(29)17-3-9-19(10-4-17)28-34(30,31)21-13-7-18(25)8-14-21/h3-14,28H,1-2H3,(H,26,27,29). The molecule has 2 N–H and O–H groups in total. The summed E-state index contributed by atoms with van der Waals surface area (Å²) in [5.41, 5.74) is 2.41. The van der Waals surface area contributed by atoms with Crippen molar-refractivity contribution in [2.45, 2.75) is 11.8 Å². The number of anilines is 2. The van der Waals surface area contributed by atoms with Crippen LogP contribution in [0.2, 0.25) is 5.02 Å². The molecule has 0 atom stereocenters. The van der Waals surface area contributed by atoms with Crippen molar-refractivity contribution >= 4 is 49.7 Å². The van der Waals surface area contributed by atoms with E-state index in [0.717, 1.165) is 21.9 Å². The first kappa shape index (κ1) is 23.7. The molecule has 174 valence electrons. The Morgan fingerprint density at radius 3 is 2.24 bits per heavy atom. The van der Waals surface area contributed by atoms with Crippen LogP contribution in [-0.2, 0) is 10.0 Å². The predicted molar refractivity (Wildman–Crippen MR) is 135 cm³/mol. The number of methoxy groups -OCH3 is 1. The van der Waals surface area contributed by atoms with Gasteiger partial charge in [-0.1, -0.05) is 11.6 Å². The number of rotatable bonds is 7. The van der Waals surface area contributed by atoms with Gasteiger partial charge in [0.2, 0.25) is 0 Å². The lowest BCUT2D eigenvalue weighted by atomic mass is 10.1. The van der Waals surface area contributed by atoms with Gasteiger partial charge in [-0.3, -0.25) is 14.8 Å². The Bertz CT molecular complexity index is 1420. The molecule has 1 amide bonds. The lowest BCUT2D eigenvalue weighted by molar-refractivity contribution is 0.102. The molecule has 0 aliphatic rings. The van der Waals surface area contributed by atoms with Gasteiger partial charge in [-0.2, -0.15) is 0 Å². The van der Waals surface area contributed by atoms with Gasteiger partial charge >= 0.3 is 0 Å². The predicted octanol–water partition coefficient (Wildman–Crippen LogP) is 5.83. The molecule has 0 aliphatic carbocycles. The molecule has 3 aromatic carbocycles. The van der Waals surface area contributed by atoms with Crippen molar-refractivity contribution in [2.75, 3.05) is 17.1 Å². The molecule has 4 rings (SSSR count). The minimum Gasteiger partial charge on any atom is -0.497 e. The molecular formula is C24H20ClN3O4S2. The third-order valence-corrected chi connectivity index (χ3v) is 7.44. The maximum Gasteiger partial charge on any atom is 0.261 e. The topological polar surface area (TPSA) is 97.4 Å². The molecule has 0 saturated carbocycles. The Kier molecular flexibility index (Phi) is 6.87. The van der Waals surface area contributed by atoms with Crippen molar-refractivity contribution in [3.63, 3.8) is 0 Å². The number of nitrogens with one attached hydrogen (secondary N) is 2. The third-order valence-electron chi connectivity index (χ3n) is 4.90. The number of sulfonamides is 1. The maximum atomic E-state index is 12.7. The van der Waals surface area contributed by atoms with E-state index >= 15 is 0 Å². The van der Waals surface area contributed by atoms with E-state index in [-0.39, 0.29) is 10.8 Å². The number of carbonyl (C=O) groups excluding carboxylic acids is 1. The molecular weight excluding hydrogens is 494 g/mol. The molecule has 10 heteroatoms. The molecule has 1 heterocycles. The SMILES string of the molecule is COc1ccc(-c2nc(NC(=O)c3ccc(NS(=O)(=O)c4ccc(Cl)cc4)cc3)sc2C)cc1. The third kappa shape index (κ3) is 5.39. The summed E-state index contributed by atoms with van der Waals surface area (Å²) in [5.74, 6) is 0.409. The molecule has 0 fully saturated rings. The Hall–Kier alpha value is -3.40. The fourth-order valence-corrected chi connectivity index (χ4v) is 5.17. The zero-order valence-electron chi connectivity index (χ0n) is 18.2. The normalized spacial score (nSPS) is 11.1. The van der Waals surface area contributed by atoms with Crippen LogP contribution in [0, 0.1) is 6.92 Å². The summed E-state index contributed by atoms with van der Waals surface area (Å²) in [4.78, 5) is 18.3. The van der Waals surface area contributed by atoms with Crippen molar-refractivity contribution < 1.29 is 17.9 Å². The number of carbonyl (C=O) groups is 1. The fraction of sp³-hybridized carbons (Fsp3) is 0.0833. The molecule has 0 bridgehead atoms. The minimum atomic E-state index is -3.77. The van der Waals surface area contributed by atoms with Gasteiger partial charge in [-0.05, 0) is 79.7 Å². The van der Waals surface area contributed by atoms with Crippen LogP contribution in [0.25, 0.3) is 11.3 Å². The van der Waals surface area contributed by atoms with E-state index in [1.165, 1.54) is 47.7 Å². The zero-order valence-corrected chi connectivity index (χ0v) is 20.6. The Morgan fingerprint density at radius 2 is 1.62 bits per heavy atom. The molecule has 1 aromatic heterocycles. The van der Waals surface area contributed by atoms with Crippen LogP contribution in [-0.4, -0.2) is 26.4 Å². The quantitative estimate of drug-likeness (QED) is 0.324. The number of aryl methyl sites for hydroxylation is 1. The van der Waals surface area contributed by atoms with Crippen molar-refractivity contribution in [3.05, 3.63) is 88.3 Å². The van der Waals surface area contributed by atoms with Gasteiger partial charge < -0.3 is 4.74 Å². The lowest BCUT2D eigenvalue weighted by Crippen LogP contribution is -2.14. The van der Waals surface area contributed by atoms with Gasteiger partial charge in [0.1, 0.15) is 5.75 Å². The summed E-state index contributed by atoms with van der Waals surface area (Å²) in [6.45, 7) is 1.94. The second-order valence-corrected chi connectivity index (χ2v) is 10.6. The molecule has 4 aromatic rings. The van der Waals surface area contributed by atoms with Crippen molar-refractivity contribution in [1.82, 2.24) is 4.98 Å². The van der Waals surface area contributed by atoms with Crippen molar-refractivity contribution in [2.24, 2.45) is 0 Å². The first-order chi connectivity index (χ1) is 16.2. The Labute approximate surface area is 206 Å². The van der Waals surface area contributed by atoms with E-state index in [4.69, 9.17) is 16.3 Å².